The zero-order chi connectivity index (χ0) is 14.7. The third-order valence-corrected chi connectivity index (χ3v) is 3.63. The van der Waals surface area contributed by atoms with Crippen molar-refractivity contribution in [3.05, 3.63) is 71.7 Å². The molecular weight excluding hydrogens is 258 g/mol. The molecule has 3 nitrogen and oxygen atoms in total. The van der Waals surface area contributed by atoms with E-state index in [1.54, 1.807) is 0 Å². The average molecular weight is 277 g/mol. The number of hydrogen-bond donors (Lipinski definition) is 1. The summed E-state index contributed by atoms with van der Waals surface area (Å²) in [5, 5.41) is 4.72. The summed E-state index contributed by atoms with van der Waals surface area (Å²) in [5.41, 5.74) is 4.53. The van der Waals surface area contributed by atoms with Crippen LogP contribution in [-0.4, -0.2) is 16.5 Å². The lowest BCUT2D eigenvalue weighted by Crippen LogP contribution is -2.22. The zero-order valence-corrected chi connectivity index (χ0v) is 12.4. The molecule has 0 saturated carbocycles. The first-order valence-electron chi connectivity index (χ1n) is 7.28. The maximum atomic E-state index is 4.46. The highest BCUT2D eigenvalue weighted by Crippen LogP contribution is 2.25. The van der Waals surface area contributed by atoms with Crippen LogP contribution in [0.15, 0.2) is 54.9 Å². The maximum absolute atomic E-state index is 4.46. The lowest BCUT2D eigenvalue weighted by atomic mass is 9.97. The Balaban J connectivity index is 2.06. The van der Waals surface area contributed by atoms with Crippen LogP contribution in [0.4, 0.5) is 0 Å². The number of nitrogens with zero attached hydrogens (tertiary/aromatic N) is 2. The Morgan fingerprint density at radius 2 is 1.86 bits per heavy atom. The van der Waals surface area contributed by atoms with Crippen LogP contribution >= 0.6 is 0 Å². The number of aromatic nitrogens is 2. The maximum Gasteiger partial charge on any atom is 0.0705 e. The van der Waals surface area contributed by atoms with Gasteiger partial charge in [0, 0.05) is 23.5 Å². The highest BCUT2D eigenvalue weighted by atomic mass is 14.9. The Kier molecular flexibility index (Phi) is 3.93. The van der Waals surface area contributed by atoms with Gasteiger partial charge in [0.1, 0.15) is 0 Å². The van der Waals surface area contributed by atoms with Crippen LogP contribution < -0.4 is 5.32 Å². The van der Waals surface area contributed by atoms with Gasteiger partial charge in [0.05, 0.1) is 11.6 Å². The number of pyridine rings is 2. The molecule has 0 radical (unpaired) electrons. The quantitative estimate of drug-likeness (QED) is 0.791. The van der Waals surface area contributed by atoms with E-state index in [0.717, 1.165) is 17.8 Å². The Morgan fingerprint density at radius 1 is 1.00 bits per heavy atom. The van der Waals surface area contributed by atoms with Crippen molar-refractivity contribution in [1.29, 1.82) is 0 Å². The molecule has 0 aliphatic carbocycles. The highest BCUT2D eigenvalue weighted by molar-refractivity contribution is 5.79. The molecule has 3 aromatic rings. The van der Waals surface area contributed by atoms with Crippen molar-refractivity contribution in [3.8, 4) is 0 Å². The lowest BCUT2D eigenvalue weighted by Gasteiger charge is -2.19. The van der Waals surface area contributed by atoms with Gasteiger partial charge in [-0.3, -0.25) is 9.97 Å². The Bertz CT molecular complexity index is 752. The number of rotatable bonds is 4. The van der Waals surface area contributed by atoms with Gasteiger partial charge in [0.25, 0.3) is 0 Å². The molecule has 0 saturated heterocycles. The first-order chi connectivity index (χ1) is 10.3. The standard InChI is InChI=1S/C18H19N3/c1-3-19-18(16-8-10-20-13(2)11-16)15-7-6-14-5-4-9-21-17(14)12-15/h4-12,18-19H,3H2,1-2H3. The van der Waals surface area contributed by atoms with Crippen molar-refractivity contribution in [3.63, 3.8) is 0 Å². The summed E-state index contributed by atoms with van der Waals surface area (Å²) in [7, 11) is 0. The summed E-state index contributed by atoms with van der Waals surface area (Å²) in [6, 6.07) is 14.9. The van der Waals surface area contributed by atoms with Gasteiger partial charge in [-0.1, -0.05) is 25.1 Å². The minimum Gasteiger partial charge on any atom is -0.307 e. The normalized spacial score (nSPS) is 12.5. The van der Waals surface area contributed by atoms with Gasteiger partial charge in [-0.25, -0.2) is 0 Å². The smallest absolute Gasteiger partial charge is 0.0705 e. The molecule has 0 amide bonds. The Labute approximate surface area is 125 Å². The molecule has 3 rings (SSSR count). The second-order valence-electron chi connectivity index (χ2n) is 5.18. The minimum atomic E-state index is 0.170. The van der Waals surface area contributed by atoms with Crippen LogP contribution in [0.1, 0.15) is 29.8 Å². The molecule has 1 unspecified atom stereocenters. The molecule has 3 heteroatoms. The Morgan fingerprint density at radius 3 is 2.67 bits per heavy atom. The first-order valence-corrected chi connectivity index (χ1v) is 7.28. The number of hydrogen-bond acceptors (Lipinski definition) is 3. The van der Waals surface area contributed by atoms with Gasteiger partial charge in [-0.15, -0.1) is 0 Å². The van der Waals surface area contributed by atoms with Crippen molar-refractivity contribution in [2.75, 3.05) is 6.54 Å². The second-order valence-corrected chi connectivity index (χ2v) is 5.18. The van der Waals surface area contributed by atoms with Crippen molar-refractivity contribution >= 4 is 10.9 Å². The summed E-state index contributed by atoms with van der Waals surface area (Å²) >= 11 is 0. The fraction of sp³-hybridized carbons (Fsp3) is 0.222. The molecule has 2 aromatic heterocycles. The molecule has 1 atom stereocenters. The lowest BCUT2D eigenvalue weighted by molar-refractivity contribution is 0.630. The van der Waals surface area contributed by atoms with Gasteiger partial charge >= 0.3 is 0 Å². The molecule has 0 aliphatic heterocycles. The third-order valence-electron chi connectivity index (χ3n) is 3.63. The summed E-state index contributed by atoms with van der Waals surface area (Å²) in [4.78, 5) is 8.74. The Hall–Kier alpha value is -2.26. The highest BCUT2D eigenvalue weighted by Gasteiger charge is 2.13. The van der Waals surface area contributed by atoms with Crippen molar-refractivity contribution in [1.82, 2.24) is 15.3 Å². The van der Waals surface area contributed by atoms with E-state index < -0.39 is 0 Å². The predicted octanol–water partition coefficient (Wildman–Crippen LogP) is 3.64. The van der Waals surface area contributed by atoms with Crippen LogP contribution in [0.25, 0.3) is 10.9 Å². The second kappa shape index (κ2) is 6.02. The molecule has 0 bridgehead atoms. The molecule has 21 heavy (non-hydrogen) atoms. The van der Waals surface area contributed by atoms with Crippen LogP contribution in [0.5, 0.6) is 0 Å². The monoisotopic (exact) mass is 277 g/mol. The van der Waals surface area contributed by atoms with E-state index in [1.165, 1.54) is 16.5 Å². The van der Waals surface area contributed by atoms with Crippen LogP contribution in [0, 0.1) is 6.92 Å². The first kappa shape index (κ1) is 13.7. The molecule has 0 spiro atoms. The van der Waals surface area contributed by atoms with Crippen molar-refractivity contribution in [2.45, 2.75) is 19.9 Å². The van der Waals surface area contributed by atoms with Crippen LogP contribution in [-0.2, 0) is 0 Å². The SMILES string of the molecule is CCNC(c1ccnc(C)c1)c1ccc2cccnc2c1. The molecule has 0 fully saturated rings. The molecule has 2 heterocycles. The van der Waals surface area contributed by atoms with Gasteiger partial charge in [-0.2, -0.15) is 0 Å². The molecule has 0 aliphatic rings. The van der Waals surface area contributed by atoms with Gasteiger partial charge in [-0.05, 0) is 48.9 Å². The molecular formula is C18H19N3. The topological polar surface area (TPSA) is 37.8 Å². The number of fused-ring (bicyclic) bond motifs is 1. The summed E-state index contributed by atoms with van der Waals surface area (Å²) in [5.74, 6) is 0. The number of benzene rings is 1. The van der Waals surface area contributed by atoms with E-state index in [-0.39, 0.29) is 6.04 Å². The number of aryl methyl sites for hydroxylation is 1. The predicted molar refractivity (Wildman–Crippen MR) is 86.2 cm³/mol. The summed E-state index contributed by atoms with van der Waals surface area (Å²) in [6.45, 7) is 5.06. The molecule has 1 aromatic carbocycles. The largest absolute Gasteiger partial charge is 0.307 e. The van der Waals surface area contributed by atoms with E-state index in [9.17, 15) is 0 Å². The van der Waals surface area contributed by atoms with E-state index in [1.807, 2.05) is 25.4 Å². The third kappa shape index (κ3) is 2.93. The van der Waals surface area contributed by atoms with Gasteiger partial charge < -0.3 is 5.32 Å². The molecule has 1 N–H and O–H groups in total. The van der Waals surface area contributed by atoms with Crippen molar-refractivity contribution in [2.24, 2.45) is 0 Å². The average Bonchev–Trinajstić information content (AvgIpc) is 2.52. The van der Waals surface area contributed by atoms with E-state index >= 15 is 0 Å². The van der Waals surface area contributed by atoms with Gasteiger partial charge in [0.2, 0.25) is 0 Å². The fourth-order valence-electron chi connectivity index (χ4n) is 2.64. The van der Waals surface area contributed by atoms with Crippen LogP contribution in [0.3, 0.4) is 0 Å². The summed E-state index contributed by atoms with van der Waals surface area (Å²) < 4.78 is 0. The van der Waals surface area contributed by atoms with E-state index in [2.05, 4.69) is 58.6 Å². The fourth-order valence-corrected chi connectivity index (χ4v) is 2.64. The zero-order valence-electron chi connectivity index (χ0n) is 12.4. The summed E-state index contributed by atoms with van der Waals surface area (Å²) in [6.07, 6.45) is 3.71. The molecule has 106 valence electrons. The van der Waals surface area contributed by atoms with E-state index in [0.29, 0.717) is 0 Å². The van der Waals surface area contributed by atoms with Gasteiger partial charge in [0.15, 0.2) is 0 Å². The van der Waals surface area contributed by atoms with E-state index in [4.69, 9.17) is 0 Å². The van der Waals surface area contributed by atoms with Crippen LogP contribution in [0.2, 0.25) is 0 Å². The van der Waals surface area contributed by atoms with Crippen molar-refractivity contribution < 1.29 is 0 Å². The minimum absolute atomic E-state index is 0.170. The number of nitrogens with one attached hydrogen (secondary N) is 1.